The van der Waals surface area contributed by atoms with Gasteiger partial charge in [0.2, 0.25) is 5.82 Å². The average molecular weight is 234 g/mol. The molecule has 0 fully saturated rings. The molecule has 0 bridgehead atoms. The van der Waals surface area contributed by atoms with Gasteiger partial charge in [-0.3, -0.25) is 4.79 Å². The summed E-state index contributed by atoms with van der Waals surface area (Å²) < 4.78 is 5.16. The van der Waals surface area contributed by atoms with Crippen LogP contribution < -0.4 is 0 Å². The number of hydrogen-bond donors (Lipinski definition) is 0. The van der Waals surface area contributed by atoms with Crippen LogP contribution in [0.25, 0.3) is 11.6 Å². The van der Waals surface area contributed by atoms with Crippen molar-refractivity contribution < 1.29 is 9.21 Å². The Kier molecular flexibility index (Phi) is 3.64. The molecule has 0 aliphatic carbocycles. The molecule has 0 spiro atoms. The zero-order chi connectivity index (χ0) is 12.1. The van der Waals surface area contributed by atoms with Crippen LogP contribution in [-0.4, -0.2) is 26.0 Å². The second kappa shape index (κ2) is 5.38. The van der Waals surface area contributed by atoms with Gasteiger partial charge in [-0.15, -0.1) is 10.2 Å². The fourth-order valence-electron chi connectivity index (χ4n) is 1.44. The minimum atomic E-state index is 0.261. The molecule has 2 heterocycles. The van der Waals surface area contributed by atoms with E-state index in [1.807, 2.05) is 6.92 Å². The maximum Gasteiger partial charge on any atom is 0.240 e. The molecule has 0 N–H and O–H groups in total. The summed E-state index contributed by atoms with van der Waals surface area (Å²) in [4.78, 5) is 12.6. The lowest BCUT2D eigenvalue weighted by Gasteiger charge is -1.97. The first kappa shape index (κ1) is 11.5. The monoisotopic (exact) mass is 234 g/mol. The van der Waals surface area contributed by atoms with E-state index in [0.29, 0.717) is 31.0 Å². The molecule has 6 nitrogen and oxygen atoms in total. The number of Topliss-reactive ketones (excluding diaryl/α,β-unsaturated/α-hetero) is 1. The topological polar surface area (TPSA) is 73.8 Å². The molecule has 2 aromatic rings. The van der Waals surface area contributed by atoms with Gasteiger partial charge in [0, 0.05) is 12.8 Å². The third-order valence-corrected chi connectivity index (χ3v) is 2.40. The number of hydrogen-bond acceptors (Lipinski definition) is 5. The zero-order valence-electron chi connectivity index (χ0n) is 9.67. The lowest BCUT2D eigenvalue weighted by molar-refractivity contribution is -0.118. The first-order valence-electron chi connectivity index (χ1n) is 5.63. The van der Waals surface area contributed by atoms with Gasteiger partial charge in [0.1, 0.15) is 5.78 Å². The second-order valence-corrected chi connectivity index (χ2v) is 3.68. The number of tetrazole rings is 1. The van der Waals surface area contributed by atoms with Crippen molar-refractivity contribution in [3.63, 3.8) is 0 Å². The lowest BCUT2D eigenvalue weighted by Crippen LogP contribution is -2.05. The van der Waals surface area contributed by atoms with Crippen LogP contribution in [0, 0.1) is 0 Å². The largest absolute Gasteiger partial charge is 0.461 e. The number of rotatable bonds is 6. The third-order valence-electron chi connectivity index (χ3n) is 2.40. The Balaban J connectivity index is 1.89. The molecule has 0 amide bonds. The zero-order valence-corrected chi connectivity index (χ0v) is 9.67. The van der Waals surface area contributed by atoms with Crippen molar-refractivity contribution in [3.8, 4) is 11.6 Å². The molecule has 0 radical (unpaired) electrons. The van der Waals surface area contributed by atoms with Gasteiger partial charge in [-0.25, -0.2) is 0 Å². The molecular weight excluding hydrogens is 220 g/mol. The van der Waals surface area contributed by atoms with Gasteiger partial charge in [-0.2, -0.15) is 4.80 Å². The number of carbonyl (C=O) groups excluding carboxylic acids is 1. The molecule has 0 atom stereocenters. The summed E-state index contributed by atoms with van der Waals surface area (Å²) in [6, 6.07) is 3.55. The van der Waals surface area contributed by atoms with Crippen molar-refractivity contribution in [2.45, 2.75) is 32.7 Å². The Labute approximate surface area is 98.6 Å². The molecule has 17 heavy (non-hydrogen) atoms. The minimum absolute atomic E-state index is 0.261. The van der Waals surface area contributed by atoms with E-state index in [4.69, 9.17) is 4.42 Å². The maximum absolute atomic E-state index is 11.1. The summed E-state index contributed by atoms with van der Waals surface area (Å²) in [7, 11) is 0. The molecule has 90 valence electrons. The van der Waals surface area contributed by atoms with Crippen LogP contribution in [-0.2, 0) is 11.3 Å². The fraction of sp³-hybridized carbons (Fsp3) is 0.455. The molecule has 2 aromatic heterocycles. The highest BCUT2D eigenvalue weighted by Gasteiger charge is 2.08. The maximum atomic E-state index is 11.1. The van der Waals surface area contributed by atoms with Gasteiger partial charge < -0.3 is 4.42 Å². The molecule has 0 aromatic carbocycles. The van der Waals surface area contributed by atoms with Gasteiger partial charge in [0.15, 0.2) is 5.76 Å². The van der Waals surface area contributed by atoms with E-state index in [1.54, 1.807) is 18.4 Å². The Bertz CT molecular complexity index is 475. The van der Waals surface area contributed by atoms with Crippen LogP contribution in [0.5, 0.6) is 0 Å². The van der Waals surface area contributed by atoms with Crippen LogP contribution >= 0.6 is 0 Å². The Morgan fingerprint density at radius 3 is 3.12 bits per heavy atom. The Morgan fingerprint density at radius 2 is 2.41 bits per heavy atom. The number of aryl methyl sites for hydroxylation is 1. The number of nitrogens with zero attached hydrogens (tertiary/aromatic N) is 4. The van der Waals surface area contributed by atoms with Crippen LogP contribution in [0.2, 0.25) is 0 Å². The molecule has 0 unspecified atom stereocenters. The fourth-order valence-corrected chi connectivity index (χ4v) is 1.44. The first-order valence-corrected chi connectivity index (χ1v) is 5.63. The Hall–Kier alpha value is -1.98. The third kappa shape index (κ3) is 2.99. The van der Waals surface area contributed by atoms with E-state index < -0.39 is 0 Å². The van der Waals surface area contributed by atoms with Crippen molar-refractivity contribution in [2.75, 3.05) is 0 Å². The average Bonchev–Trinajstić information content (AvgIpc) is 2.98. The number of ketones is 1. The highest BCUT2D eigenvalue weighted by molar-refractivity contribution is 5.77. The molecule has 2 rings (SSSR count). The quantitative estimate of drug-likeness (QED) is 0.760. The predicted octanol–water partition coefficient (Wildman–Crippen LogP) is 1.69. The molecule has 0 aliphatic rings. The van der Waals surface area contributed by atoms with Crippen molar-refractivity contribution in [1.29, 1.82) is 0 Å². The van der Waals surface area contributed by atoms with Crippen LogP contribution in [0.3, 0.4) is 0 Å². The summed E-state index contributed by atoms with van der Waals surface area (Å²) in [5.41, 5.74) is 0. The van der Waals surface area contributed by atoms with Gasteiger partial charge in [0.25, 0.3) is 0 Å². The summed E-state index contributed by atoms with van der Waals surface area (Å²) in [6.45, 7) is 2.46. The number of aromatic nitrogens is 4. The standard InChI is InChI=1S/C11H14N4O2/c1-2-9(16)5-3-7-15-13-11(12-14-15)10-6-4-8-17-10/h4,6,8H,2-3,5,7H2,1H3. The Morgan fingerprint density at radius 1 is 1.53 bits per heavy atom. The van der Waals surface area contributed by atoms with E-state index >= 15 is 0 Å². The van der Waals surface area contributed by atoms with E-state index in [2.05, 4.69) is 15.4 Å². The van der Waals surface area contributed by atoms with Crippen LogP contribution in [0.15, 0.2) is 22.8 Å². The number of carbonyl (C=O) groups is 1. The summed E-state index contributed by atoms with van der Waals surface area (Å²) in [6.07, 6.45) is 3.45. The summed E-state index contributed by atoms with van der Waals surface area (Å²) in [5, 5.41) is 11.9. The van der Waals surface area contributed by atoms with Crippen molar-refractivity contribution in [2.24, 2.45) is 0 Å². The van der Waals surface area contributed by atoms with Gasteiger partial charge in [0.05, 0.1) is 12.8 Å². The molecule has 0 saturated carbocycles. The van der Waals surface area contributed by atoms with Crippen LogP contribution in [0.4, 0.5) is 0 Å². The predicted molar refractivity (Wildman–Crippen MR) is 60.1 cm³/mol. The van der Waals surface area contributed by atoms with E-state index in [-0.39, 0.29) is 5.78 Å². The molecule has 6 heteroatoms. The SMILES string of the molecule is CCC(=O)CCCn1nnc(-c2ccco2)n1. The summed E-state index contributed by atoms with van der Waals surface area (Å²) >= 11 is 0. The lowest BCUT2D eigenvalue weighted by atomic mass is 10.2. The summed E-state index contributed by atoms with van der Waals surface area (Å²) in [5.74, 6) is 1.33. The van der Waals surface area contributed by atoms with Gasteiger partial charge >= 0.3 is 0 Å². The minimum Gasteiger partial charge on any atom is -0.461 e. The van der Waals surface area contributed by atoms with E-state index in [1.165, 1.54) is 4.80 Å². The number of furan rings is 1. The normalized spacial score (nSPS) is 10.6. The van der Waals surface area contributed by atoms with Gasteiger partial charge in [-0.05, 0) is 23.8 Å². The second-order valence-electron chi connectivity index (χ2n) is 3.68. The highest BCUT2D eigenvalue weighted by Crippen LogP contribution is 2.12. The first-order chi connectivity index (χ1) is 8.29. The smallest absolute Gasteiger partial charge is 0.240 e. The van der Waals surface area contributed by atoms with E-state index in [0.717, 1.165) is 6.42 Å². The molecule has 0 aliphatic heterocycles. The van der Waals surface area contributed by atoms with Crippen molar-refractivity contribution >= 4 is 5.78 Å². The highest BCUT2D eigenvalue weighted by atomic mass is 16.3. The van der Waals surface area contributed by atoms with Crippen molar-refractivity contribution in [3.05, 3.63) is 18.4 Å². The van der Waals surface area contributed by atoms with Crippen LogP contribution in [0.1, 0.15) is 26.2 Å². The molecule has 0 saturated heterocycles. The van der Waals surface area contributed by atoms with E-state index in [9.17, 15) is 4.79 Å². The molecular formula is C11H14N4O2. The van der Waals surface area contributed by atoms with Crippen molar-refractivity contribution in [1.82, 2.24) is 20.2 Å². The van der Waals surface area contributed by atoms with Gasteiger partial charge in [-0.1, -0.05) is 6.92 Å².